The van der Waals surface area contributed by atoms with Crippen molar-refractivity contribution in [3.63, 3.8) is 0 Å². The molecule has 2 aliphatic carbocycles. The first kappa shape index (κ1) is 23.9. The third-order valence-electron chi connectivity index (χ3n) is 6.48. The molecule has 9 heteroatoms. The van der Waals surface area contributed by atoms with Gasteiger partial charge < -0.3 is 25.8 Å². The molecular formula is C25H33N5O4. The molecule has 34 heavy (non-hydrogen) atoms. The molecule has 1 heterocycles. The molecule has 0 amide bonds. The van der Waals surface area contributed by atoms with Crippen LogP contribution in [0.1, 0.15) is 64.0 Å². The van der Waals surface area contributed by atoms with Gasteiger partial charge >= 0.3 is 5.97 Å². The van der Waals surface area contributed by atoms with Gasteiger partial charge in [-0.3, -0.25) is 4.79 Å². The Morgan fingerprint density at radius 1 is 1.18 bits per heavy atom. The lowest BCUT2D eigenvalue weighted by Crippen LogP contribution is -2.36. The fourth-order valence-corrected chi connectivity index (χ4v) is 4.71. The number of nitrogens with zero attached hydrogens (tertiary/aromatic N) is 3. The second-order valence-electron chi connectivity index (χ2n) is 9.30. The molecule has 0 aliphatic heterocycles. The molecule has 182 valence electrons. The number of hydrogen-bond donors (Lipinski definition) is 2. The topological polar surface area (TPSA) is 135 Å². The van der Waals surface area contributed by atoms with Crippen LogP contribution in [0.3, 0.4) is 0 Å². The third-order valence-corrected chi connectivity index (χ3v) is 6.48. The van der Waals surface area contributed by atoms with Gasteiger partial charge in [0.2, 0.25) is 0 Å². The molecular weight excluding hydrogens is 434 g/mol. The van der Waals surface area contributed by atoms with Crippen molar-refractivity contribution in [1.82, 2.24) is 9.97 Å². The molecule has 1 aromatic carbocycles. The number of nitrogens with two attached hydrogens (primary N) is 2. The summed E-state index contributed by atoms with van der Waals surface area (Å²) in [6.45, 7) is 6.24. The molecule has 0 radical (unpaired) electrons. The van der Waals surface area contributed by atoms with Crippen molar-refractivity contribution < 1.29 is 19.1 Å². The summed E-state index contributed by atoms with van der Waals surface area (Å²) in [6.07, 6.45) is 5.54. The Morgan fingerprint density at radius 3 is 2.68 bits per heavy atom. The number of esters is 1. The highest BCUT2D eigenvalue weighted by Gasteiger charge is 2.41. The van der Waals surface area contributed by atoms with Crippen molar-refractivity contribution in [2.24, 2.45) is 10.9 Å². The summed E-state index contributed by atoms with van der Waals surface area (Å²) in [6, 6.07) is 6.18. The van der Waals surface area contributed by atoms with Crippen molar-refractivity contribution in [1.29, 1.82) is 0 Å². The van der Waals surface area contributed by atoms with E-state index in [9.17, 15) is 4.79 Å². The molecule has 2 aromatic rings. The van der Waals surface area contributed by atoms with E-state index in [4.69, 9.17) is 25.8 Å². The normalized spacial score (nSPS) is 21.9. The number of ether oxygens (including phenoxy) is 2. The molecule has 4 rings (SSSR count). The van der Waals surface area contributed by atoms with Crippen molar-refractivity contribution in [3.05, 3.63) is 35.7 Å². The number of carbonyl (C=O) groups excluding carboxylic acids is 1. The van der Waals surface area contributed by atoms with Crippen molar-refractivity contribution in [2.75, 3.05) is 18.9 Å². The van der Waals surface area contributed by atoms with Crippen LogP contribution in [0.25, 0.3) is 11.3 Å². The molecule has 0 spiro atoms. The minimum atomic E-state index is -0.631. The molecule has 0 saturated heterocycles. The summed E-state index contributed by atoms with van der Waals surface area (Å²) in [7, 11) is 0. The molecule has 1 fully saturated rings. The predicted octanol–water partition coefficient (Wildman–Crippen LogP) is 3.34. The zero-order valence-corrected chi connectivity index (χ0v) is 20.0. The largest absolute Gasteiger partial charge is 0.490 e. The Hall–Kier alpha value is -3.20. The molecule has 9 nitrogen and oxygen atoms in total. The van der Waals surface area contributed by atoms with Crippen LogP contribution in [0.4, 0.5) is 5.82 Å². The number of nitrogen functional groups attached to an aromatic ring is 1. The van der Waals surface area contributed by atoms with E-state index in [-0.39, 0.29) is 31.1 Å². The van der Waals surface area contributed by atoms with Crippen LogP contribution in [-0.4, -0.2) is 47.0 Å². The maximum atomic E-state index is 11.7. The molecule has 1 saturated carbocycles. The lowest BCUT2D eigenvalue weighted by Gasteiger charge is -2.35. The Bertz CT molecular complexity index is 1080. The molecule has 1 aromatic heterocycles. The zero-order chi connectivity index (χ0) is 24.3. The van der Waals surface area contributed by atoms with Gasteiger partial charge in [-0.05, 0) is 64.7 Å². The fourth-order valence-electron chi connectivity index (χ4n) is 4.71. The van der Waals surface area contributed by atoms with Gasteiger partial charge in [-0.15, -0.1) is 0 Å². The summed E-state index contributed by atoms with van der Waals surface area (Å²) in [4.78, 5) is 26.0. The van der Waals surface area contributed by atoms with Gasteiger partial charge in [0, 0.05) is 28.1 Å². The van der Waals surface area contributed by atoms with E-state index >= 15 is 0 Å². The van der Waals surface area contributed by atoms with E-state index < -0.39 is 5.41 Å². The molecule has 2 aliphatic rings. The number of oxime groups is 1. The molecule has 4 N–H and O–H groups in total. The Labute approximate surface area is 199 Å². The number of hydrogen-bond acceptors (Lipinski definition) is 9. The highest BCUT2D eigenvalue weighted by Crippen LogP contribution is 2.45. The zero-order valence-electron chi connectivity index (χ0n) is 20.0. The number of fused-ring (bicyclic) bond motifs is 3. The summed E-state index contributed by atoms with van der Waals surface area (Å²) >= 11 is 0. The van der Waals surface area contributed by atoms with E-state index in [0.29, 0.717) is 18.1 Å². The fraction of sp³-hybridized carbons (Fsp3) is 0.520. The first-order valence-electron chi connectivity index (χ1n) is 11.8. The van der Waals surface area contributed by atoms with Crippen LogP contribution in [0.2, 0.25) is 0 Å². The van der Waals surface area contributed by atoms with E-state index in [0.717, 1.165) is 53.8 Å². The standard InChI is InChI=1S/C25H33N5O4/c1-4-32-20(31)11-12-33-30-23-19-13-17(34-16-7-5-15(26)6-8-16)9-10-18(19)22-21(25(23,2)3)24(27)29-14-28-22/h9-10,13-16H,4-8,11-12,26H2,1-3H3,(H2,27,28,29)/b30-23+. The molecule has 0 bridgehead atoms. The summed E-state index contributed by atoms with van der Waals surface area (Å²) < 4.78 is 11.3. The second-order valence-corrected chi connectivity index (χ2v) is 9.30. The first-order valence-corrected chi connectivity index (χ1v) is 11.8. The van der Waals surface area contributed by atoms with E-state index in [1.807, 2.05) is 32.0 Å². The third kappa shape index (κ3) is 4.84. The van der Waals surface area contributed by atoms with Crippen molar-refractivity contribution in [3.8, 4) is 17.0 Å². The predicted molar refractivity (Wildman–Crippen MR) is 130 cm³/mol. The van der Waals surface area contributed by atoms with Gasteiger partial charge in [0.15, 0.2) is 0 Å². The number of rotatable bonds is 7. The van der Waals surface area contributed by atoms with Crippen molar-refractivity contribution in [2.45, 2.75) is 70.4 Å². The van der Waals surface area contributed by atoms with E-state index in [1.165, 1.54) is 6.33 Å². The quantitative estimate of drug-likeness (QED) is 0.360. The number of aromatic nitrogens is 2. The average molecular weight is 468 g/mol. The van der Waals surface area contributed by atoms with Crippen molar-refractivity contribution >= 4 is 17.5 Å². The maximum absolute atomic E-state index is 11.7. The van der Waals surface area contributed by atoms with Crippen LogP contribution >= 0.6 is 0 Å². The monoisotopic (exact) mass is 467 g/mol. The van der Waals surface area contributed by atoms with E-state index in [2.05, 4.69) is 15.1 Å². The van der Waals surface area contributed by atoms with Gasteiger partial charge in [-0.2, -0.15) is 0 Å². The Kier molecular flexibility index (Phi) is 7.02. The number of carbonyl (C=O) groups is 1. The van der Waals surface area contributed by atoms with Crippen LogP contribution in [0, 0.1) is 0 Å². The smallest absolute Gasteiger partial charge is 0.309 e. The summed E-state index contributed by atoms with van der Waals surface area (Å²) in [5.41, 5.74) is 15.7. The summed E-state index contributed by atoms with van der Waals surface area (Å²) in [5.74, 6) is 0.843. The van der Waals surface area contributed by atoms with Gasteiger partial charge in [0.1, 0.15) is 24.5 Å². The summed E-state index contributed by atoms with van der Waals surface area (Å²) in [5, 5.41) is 4.47. The second kappa shape index (κ2) is 9.97. The average Bonchev–Trinajstić information content (AvgIpc) is 2.80. The lowest BCUT2D eigenvalue weighted by atomic mass is 9.70. The van der Waals surface area contributed by atoms with Crippen LogP contribution < -0.4 is 16.2 Å². The minimum Gasteiger partial charge on any atom is -0.490 e. The molecule has 0 atom stereocenters. The SMILES string of the molecule is CCOC(=O)CCO/N=C1\c2cc(OC3CCC(N)CC3)ccc2-c2ncnc(N)c2C1(C)C. The number of anilines is 1. The first-order chi connectivity index (χ1) is 16.3. The Balaban J connectivity index is 1.67. The highest BCUT2D eigenvalue weighted by molar-refractivity contribution is 6.15. The minimum absolute atomic E-state index is 0.111. The van der Waals surface area contributed by atoms with Crippen LogP contribution in [-0.2, 0) is 19.8 Å². The van der Waals surface area contributed by atoms with Crippen LogP contribution in [0.5, 0.6) is 5.75 Å². The Morgan fingerprint density at radius 2 is 1.94 bits per heavy atom. The maximum Gasteiger partial charge on any atom is 0.309 e. The van der Waals surface area contributed by atoms with Gasteiger partial charge in [0.25, 0.3) is 0 Å². The van der Waals surface area contributed by atoms with Crippen LogP contribution in [0.15, 0.2) is 29.7 Å². The van der Waals surface area contributed by atoms with Gasteiger partial charge in [-0.25, -0.2) is 9.97 Å². The lowest BCUT2D eigenvalue weighted by molar-refractivity contribution is -0.144. The van der Waals surface area contributed by atoms with E-state index in [1.54, 1.807) is 6.92 Å². The number of benzene rings is 1. The van der Waals surface area contributed by atoms with Gasteiger partial charge in [-0.1, -0.05) is 5.16 Å². The van der Waals surface area contributed by atoms with Gasteiger partial charge in [0.05, 0.1) is 30.5 Å². The highest BCUT2D eigenvalue weighted by atomic mass is 16.6. The molecule has 0 unspecified atom stereocenters.